The van der Waals surface area contributed by atoms with Crippen molar-refractivity contribution in [3.63, 3.8) is 0 Å². The van der Waals surface area contributed by atoms with Crippen LogP contribution in [0.4, 0.5) is 0 Å². The largest absolute Gasteiger partial charge is 0.473 e. The molecule has 0 radical (unpaired) electrons. The molecule has 3 nitrogen and oxygen atoms in total. The first-order valence-electron chi connectivity index (χ1n) is 7.45. The fourth-order valence-electron chi connectivity index (χ4n) is 2.31. The molecule has 3 heteroatoms. The fourth-order valence-corrected chi connectivity index (χ4v) is 2.31. The molecule has 1 aromatic heterocycles. The van der Waals surface area contributed by atoms with E-state index in [4.69, 9.17) is 4.74 Å². The van der Waals surface area contributed by atoms with Crippen molar-refractivity contribution in [1.29, 1.82) is 0 Å². The zero-order valence-corrected chi connectivity index (χ0v) is 12.9. The Morgan fingerprint density at radius 2 is 1.78 bits per heavy atom. The Kier molecular flexibility index (Phi) is 4.48. The van der Waals surface area contributed by atoms with Crippen LogP contribution in [-0.4, -0.2) is 11.3 Å². The van der Waals surface area contributed by atoms with E-state index in [9.17, 15) is 4.79 Å². The van der Waals surface area contributed by atoms with Gasteiger partial charge in [-0.05, 0) is 35.7 Å². The smallest absolute Gasteiger partial charge is 0.213 e. The second-order valence-electron chi connectivity index (χ2n) is 5.35. The van der Waals surface area contributed by atoms with Crippen molar-refractivity contribution in [2.75, 3.05) is 0 Å². The molecule has 3 aromatic rings. The van der Waals surface area contributed by atoms with Gasteiger partial charge in [0.25, 0.3) is 0 Å². The molecule has 23 heavy (non-hydrogen) atoms. The molecule has 0 aliphatic carbocycles. The van der Waals surface area contributed by atoms with Crippen LogP contribution in [0.3, 0.4) is 0 Å². The van der Waals surface area contributed by atoms with E-state index in [1.807, 2.05) is 67.6 Å². The molecule has 0 saturated carbocycles. The lowest BCUT2D eigenvalue weighted by Gasteiger charge is -2.07. The molecular weight excluding hydrogens is 286 g/mol. The Morgan fingerprint density at radius 1 is 1.00 bits per heavy atom. The predicted octanol–water partition coefficient (Wildman–Crippen LogP) is 4.45. The summed E-state index contributed by atoms with van der Waals surface area (Å²) in [6.07, 6.45) is 2.64. The molecule has 0 spiro atoms. The lowest BCUT2D eigenvalue weighted by Crippen LogP contribution is -1.97. The Morgan fingerprint density at radius 3 is 2.48 bits per heavy atom. The highest BCUT2D eigenvalue weighted by atomic mass is 16.5. The quantitative estimate of drug-likeness (QED) is 0.654. The van der Waals surface area contributed by atoms with E-state index in [0.29, 0.717) is 18.1 Å². The number of carbonyl (C=O) groups is 1. The number of hydrogen-bond acceptors (Lipinski definition) is 3. The predicted molar refractivity (Wildman–Crippen MR) is 90.6 cm³/mol. The first-order valence-corrected chi connectivity index (χ1v) is 7.45. The fraction of sp³-hybridized carbons (Fsp3) is 0.100. The van der Waals surface area contributed by atoms with E-state index in [-0.39, 0.29) is 0 Å². The normalized spacial score (nSPS) is 10.3. The van der Waals surface area contributed by atoms with Gasteiger partial charge in [-0.2, -0.15) is 0 Å². The van der Waals surface area contributed by atoms with Crippen LogP contribution in [0.2, 0.25) is 0 Å². The van der Waals surface area contributed by atoms with E-state index in [1.165, 1.54) is 0 Å². The summed E-state index contributed by atoms with van der Waals surface area (Å²) >= 11 is 0. The minimum Gasteiger partial charge on any atom is -0.473 e. The van der Waals surface area contributed by atoms with Crippen LogP contribution in [0, 0.1) is 6.92 Å². The number of ether oxygens (including phenoxy) is 1. The molecule has 0 N–H and O–H groups in total. The summed E-state index contributed by atoms with van der Waals surface area (Å²) in [4.78, 5) is 15.4. The van der Waals surface area contributed by atoms with E-state index in [0.717, 1.165) is 28.5 Å². The lowest BCUT2D eigenvalue weighted by atomic mass is 10.0. The summed E-state index contributed by atoms with van der Waals surface area (Å²) in [6, 6.07) is 19.6. The van der Waals surface area contributed by atoms with Gasteiger partial charge in [-0.25, -0.2) is 4.98 Å². The van der Waals surface area contributed by atoms with Crippen LogP contribution < -0.4 is 4.74 Å². The molecule has 0 fully saturated rings. The molecule has 114 valence electrons. The zero-order valence-electron chi connectivity index (χ0n) is 12.9. The third-order valence-corrected chi connectivity index (χ3v) is 3.71. The van der Waals surface area contributed by atoms with Crippen LogP contribution in [0.15, 0.2) is 66.9 Å². The Hall–Kier alpha value is -2.94. The molecule has 1 heterocycles. The number of aromatic nitrogens is 1. The van der Waals surface area contributed by atoms with Gasteiger partial charge in [0.05, 0.1) is 0 Å². The lowest BCUT2D eigenvalue weighted by molar-refractivity contribution is 0.112. The van der Waals surface area contributed by atoms with Gasteiger partial charge in [0.2, 0.25) is 5.88 Å². The number of benzene rings is 2. The van der Waals surface area contributed by atoms with Gasteiger partial charge in [-0.1, -0.05) is 42.5 Å². The van der Waals surface area contributed by atoms with Crippen molar-refractivity contribution in [2.45, 2.75) is 13.5 Å². The highest BCUT2D eigenvalue weighted by molar-refractivity contribution is 5.80. The Bertz CT molecular complexity index is 796. The van der Waals surface area contributed by atoms with Crippen molar-refractivity contribution in [3.05, 3.63) is 83.6 Å². The third kappa shape index (κ3) is 3.64. The second kappa shape index (κ2) is 6.88. The first-order chi connectivity index (χ1) is 11.3. The maximum atomic E-state index is 11.0. The SMILES string of the molecule is Cc1ccc(-c2ccc(OCc3ccccc3)nc2)cc1C=O. The minimum atomic E-state index is 0.493. The van der Waals surface area contributed by atoms with Gasteiger partial charge in [0.1, 0.15) is 12.9 Å². The van der Waals surface area contributed by atoms with Crippen molar-refractivity contribution >= 4 is 6.29 Å². The van der Waals surface area contributed by atoms with Gasteiger partial charge in [0.15, 0.2) is 0 Å². The Labute approximate surface area is 135 Å². The van der Waals surface area contributed by atoms with Gasteiger partial charge >= 0.3 is 0 Å². The summed E-state index contributed by atoms with van der Waals surface area (Å²) in [5.74, 6) is 0.584. The zero-order chi connectivity index (χ0) is 16.1. The number of carbonyl (C=O) groups excluding carboxylic acids is 1. The molecule has 2 aromatic carbocycles. The number of nitrogens with zero attached hydrogens (tertiary/aromatic N) is 1. The van der Waals surface area contributed by atoms with Crippen LogP contribution in [-0.2, 0) is 6.61 Å². The standard InChI is InChI=1S/C20H17NO2/c1-15-7-8-17(11-19(15)13-22)18-9-10-20(21-12-18)23-14-16-5-3-2-4-6-16/h2-13H,14H2,1H3. The van der Waals surface area contributed by atoms with Crippen molar-refractivity contribution in [2.24, 2.45) is 0 Å². The molecule has 3 rings (SSSR count). The van der Waals surface area contributed by atoms with E-state index in [1.54, 1.807) is 6.20 Å². The van der Waals surface area contributed by atoms with Crippen LogP contribution in [0.5, 0.6) is 5.88 Å². The minimum absolute atomic E-state index is 0.493. The van der Waals surface area contributed by atoms with E-state index in [2.05, 4.69) is 4.98 Å². The maximum absolute atomic E-state index is 11.0. The van der Waals surface area contributed by atoms with Crippen molar-refractivity contribution in [1.82, 2.24) is 4.98 Å². The molecular formula is C20H17NO2. The third-order valence-electron chi connectivity index (χ3n) is 3.71. The monoisotopic (exact) mass is 303 g/mol. The van der Waals surface area contributed by atoms with Crippen molar-refractivity contribution < 1.29 is 9.53 Å². The van der Waals surface area contributed by atoms with Crippen LogP contribution >= 0.6 is 0 Å². The molecule has 0 atom stereocenters. The summed E-state index contributed by atoms with van der Waals surface area (Å²) in [5.41, 5.74) is 4.71. The topological polar surface area (TPSA) is 39.2 Å². The van der Waals surface area contributed by atoms with Crippen LogP contribution in [0.25, 0.3) is 11.1 Å². The van der Waals surface area contributed by atoms with Crippen molar-refractivity contribution in [3.8, 4) is 17.0 Å². The highest BCUT2D eigenvalue weighted by Gasteiger charge is 2.04. The average Bonchev–Trinajstić information content (AvgIpc) is 2.62. The molecule has 0 bridgehead atoms. The summed E-state index contributed by atoms with van der Waals surface area (Å²) in [6.45, 7) is 2.42. The average molecular weight is 303 g/mol. The number of pyridine rings is 1. The number of hydrogen-bond donors (Lipinski definition) is 0. The second-order valence-corrected chi connectivity index (χ2v) is 5.35. The number of aryl methyl sites for hydroxylation is 1. The van der Waals surface area contributed by atoms with Crippen LogP contribution in [0.1, 0.15) is 21.5 Å². The first kappa shape index (κ1) is 15.0. The maximum Gasteiger partial charge on any atom is 0.213 e. The Balaban J connectivity index is 1.73. The van der Waals surface area contributed by atoms with Gasteiger partial charge < -0.3 is 4.74 Å². The number of aldehydes is 1. The van der Waals surface area contributed by atoms with Gasteiger partial charge in [0, 0.05) is 23.4 Å². The number of rotatable bonds is 5. The van der Waals surface area contributed by atoms with Gasteiger partial charge in [-0.3, -0.25) is 4.79 Å². The summed E-state index contributed by atoms with van der Waals surface area (Å²) in [7, 11) is 0. The van der Waals surface area contributed by atoms with Gasteiger partial charge in [-0.15, -0.1) is 0 Å². The molecule has 0 aliphatic heterocycles. The highest BCUT2D eigenvalue weighted by Crippen LogP contribution is 2.23. The molecule has 0 amide bonds. The van der Waals surface area contributed by atoms with E-state index >= 15 is 0 Å². The molecule has 0 unspecified atom stereocenters. The summed E-state index contributed by atoms with van der Waals surface area (Å²) in [5, 5.41) is 0. The molecule has 0 saturated heterocycles. The molecule has 0 aliphatic rings. The summed E-state index contributed by atoms with van der Waals surface area (Å²) < 4.78 is 5.68. The van der Waals surface area contributed by atoms with E-state index < -0.39 is 0 Å².